The molecule has 9 aromatic rings. The Hall–Kier alpha value is -6.55. The van der Waals surface area contributed by atoms with Gasteiger partial charge in [-0.05, 0) is 29.4 Å². The average Bonchev–Trinajstić information content (AvgIpc) is 3.61. The second kappa shape index (κ2) is 17.3. The van der Waals surface area contributed by atoms with Gasteiger partial charge in [-0.2, -0.15) is 0 Å². The van der Waals surface area contributed by atoms with Crippen molar-refractivity contribution in [3.63, 3.8) is 0 Å². The van der Waals surface area contributed by atoms with Gasteiger partial charge in [-0.25, -0.2) is 0 Å². The molecule has 332 valence electrons. The van der Waals surface area contributed by atoms with Gasteiger partial charge in [-0.3, -0.25) is 0 Å². The van der Waals surface area contributed by atoms with Crippen LogP contribution in [0.4, 0.5) is 11.5 Å². The number of hydrogen-bond acceptors (Lipinski definition) is 3. The number of nitrogens with zero attached hydrogens (tertiary/aromatic N) is 4. The molecule has 2 aromatic heterocycles. The Morgan fingerprint density at radius 3 is 1.77 bits per heavy atom. The molecule has 0 fully saturated rings. The normalized spacial score (nSPS) is 13.0. The number of aryl methyl sites for hydroxylation is 1. The zero-order valence-electron chi connectivity index (χ0n) is 38.9. The Kier molecular flexibility index (Phi) is 11.4. The molecule has 0 saturated carbocycles. The van der Waals surface area contributed by atoms with Crippen molar-refractivity contribution in [2.75, 3.05) is 11.4 Å². The van der Waals surface area contributed by atoms with Gasteiger partial charge in [0.25, 0.3) is 0 Å². The number of ether oxygens (including phenoxy) is 1. The fourth-order valence-electron chi connectivity index (χ4n) is 9.42. The number of para-hydroxylation sites is 3. The van der Waals surface area contributed by atoms with Crippen LogP contribution in [0.2, 0.25) is 0 Å². The minimum atomic E-state index is -0.0206. The summed E-state index contributed by atoms with van der Waals surface area (Å²) in [5, 5.41) is 0. The van der Waals surface area contributed by atoms with Crippen LogP contribution in [0.15, 0.2) is 176 Å². The van der Waals surface area contributed by atoms with Crippen molar-refractivity contribution in [3.05, 3.63) is 202 Å². The van der Waals surface area contributed by atoms with E-state index in [4.69, 9.17) is 9.72 Å². The number of pyridine rings is 1. The predicted molar refractivity (Wildman–Crippen MR) is 270 cm³/mol. The van der Waals surface area contributed by atoms with E-state index < -0.39 is 0 Å². The zero-order valence-corrected chi connectivity index (χ0v) is 41.2. The van der Waals surface area contributed by atoms with E-state index in [-0.39, 0.29) is 10.8 Å². The third kappa shape index (κ3) is 8.31. The molecular formula is C60H56N4OPt. The molecule has 0 radical (unpaired) electrons. The van der Waals surface area contributed by atoms with Gasteiger partial charge in [-0.1, -0.05) is 47.6 Å². The zero-order chi connectivity index (χ0) is 45.7. The Bertz CT molecular complexity index is 3220. The monoisotopic (exact) mass is 1040 g/mol. The van der Waals surface area contributed by atoms with E-state index in [0.717, 1.165) is 68.6 Å². The molecule has 0 saturated heterocycles. The average molecular weight is 1040 g/mol. The first-order valence-corrected chi connectivity index (χ1v) is 24.2. The fraction of sp³-hybridized carbons (Fsp3) is 0.200. The van der Waals surface area contributed by atoms with Crippen molar-refractivity contribution < 1.29 is 24.1 Å². The van der Waals surface area contributed by atoms with Gasteiger partial charge in [0.05, 0.1) is 0 Å². The fourth-order valence-corrected chi connectivity index (χ4v) is 10.5. The van der Waals surface area contributed by atoms with Crippen molar-refractivity contribution in [3.8, 4) is 56.3 Å². The van der Waals surface area contributed by atoms with E-state index in [1.54, 1.807) is 0 Å². The number of benzene rings is 7. The standard InChI is InChI=1S/C60H56N4O.Pt/c1-41-30-31-61-57(33-41)62-32-18-27-52-53(44-34-45(59(2,3)4)36-46(35-44)60(5,6)7)38-49(39-56(52)62)65-48-24-16-23-47(37-48)63-40-64(55-29-15-14-28-54(55)63)58-50(42-19-10-8-11-20-42)25-17-26-51(58)43-21-12-9-13-22-43;/h8-17,19-26,28-31,33-39H,18,27,32H2,1-7H3;. The van der Waals surface area contributed by atoms with Crippen LogP contribution in [0.3, 0.4) is 0 Å². The van der Waals surface area contributed by atoms with Crippen molar-refractivity contribution in [1.82, 2.24) is 14.1 Å². The Morgan fingerprint density at radius 1 is 0.545 bits per heavy atom. The van der Waals surface area contributed by atoms with E-state index in [0.29, 0.717) is 0 Å². The molecule has 0 N–H and O–H groups in total. The summed E-state index contributed by atoms with van der Waals surface area (Å²) < 4.78 is 12.9. The summed E-state index contributed by atoms with van der Waals surface area (Å²) in [6, 6.07) is 61.4. The summed E-state index contributed by atoms with van der Waals surface area (Å²) in [5.41, 5.74) is 17.8. The van der Waals surface area contributed by atoms with Crippen LogP contribution in [-0.4, -0.2) is 20.7 Å². The minimum absolute atomic E-state index is 0.0206. The van der Waals surface area contributed by atoms with E-state index in [2.05, 4.69) is 252 Å². The maximum atomic E-state index is 7.10. The van der Waals surface area contributed by atoms with Gasteiger partial charge in [0.1, 0.15) is 0 Å². The number of aromatic nitrogens is 3. The first kappa shape index (κ1) is 43.3. The summed E-state index contributed by atoms with van der Waals surface area (Å²) >= 11 is 2.52. The number of imidazole rings is 1. The van der Waals surface area contributed by atoms with Crippen LogP contribution < -0.4 is 9.64 Å². The van der Waals surface area contributed by atoms with Crippen molar-refractivity contribution >= 4 is 22.5 Å². The van der Waals surface area contributed by atoms with Crippen LogP contribution in [-0.2, 0) is 36.6 Å². The van der Waals surface area contributed by atoms with Crippen molar-refractivity contribution in [1.29, 1.82) is 0 Å². The van der Waals surface area contributed by atoms with E-state index >= 15 is 0 Å². The summed E-state index contributed by atoms with van der Waals surface area (Å²) in [4.78, 5) is 7.29. The second-order valence-electron chi connectivity index (χ2n) is 19.6. The van der Waals surface area contributed by atoms with Crippen molar-refractivity contribution in [2.24, 2.45) is 0 Å². The number of fused-ring (bicyclic) bond motifs is 2. The third-order valence-electron chi connectivity index (χ3n) is 12.9. The summed E-state index contributed by atoms with van der Waals surface area (Å²) in [5.74, 6) is 2.53. The summed E-state index contributed by atoms with van der Waals surface area (Å²) in [6.07, 6.45) is 3.94. The van der Waals surface area contributed by atoms with E-state index in [1.807, 2.05) is 6.20 Å². The van der Waals surface area contributed by atoms with Gasteiger partial charge in [0, 0.05) is 6.20 Å². The molecule has 0 aliphatic carbocycles. The number of anilines is 2. The molecule has 0 atom stereocenters. The second-order valence-corrected chi connectivity index (χ2v) is 20.7. The SMILES string of the molecule is Cc1ccnc(N2CCCc3c(-c4cc(C(C)(C)C)cc(C(C)(C)C)c4)cc(Oc4cccc(-n5[c](=[Pt])n(-c6c(-c7ccccc7)cccc6-c6ccccc6)c6ccccc65)c4)cc32)c1. The van der Waals surface area contributed by atoms with Gasteiger partial charge >= 0.3 is 320 Å². The molecule has 0 amide bonds. The van der Waals surface area contributed by atoms with Crippen LogP contribution in [0, 0.1) is 10.7 Å². The van der Waals surface area contributed by atoms with Gasteiger partial charge < -0.3 is 0 Å². The van der Waals surface area contributed by atoms with Crippen LogP contribution in [0.1, 0.15) is 70.2 Å². The van der Waals surface area contributed by atoms with E-state index in [1.165, 1.54) is 55.6 Å². The van der Waals surface area contributed by atoms with Crippen LogP contribution >= 0.6 is 0 Å². The third-order valence-corrected chi connectivity index (χ3v) is 13.9. The van der Waals surface area contributed by atoms with Gasteiger partial charge in [-0.15, -0.1) is 0 Å². The molecule has 1 aliphatic heterocycles. The molecule has 0 bridgehead atoms. The van der Waals surface area contributed by atoms with Gasteiger partial charge in [0.15, 0.2) is 0 Å². The molecule has 10 rings (SSSR count). The molecule has 3 heterocycles. The summed E-state index contributed by atoms with van der Waals surface area (Å²) in [6.45, 7) is 16.9. The van der Waals surface area contributed by atoms with Crippen LogP contribution in [0.25, 0.3) is 55.8 Å². The molecule has 5 nitrogen and oxygen atoms in total. The Balaban J connectivity index is 1.14. The molecule has 0 unspecified atom stereocenters. The van der Waals surface area contributed by atoms with Crippen molar-refractivity contribution in [2.45, 2.75) is 72.1 Å². The number of hydrogen-bond donors (Lipinski definition) is 0. The number of rotatable bonds is 8. The van der Waals surface area contributed by atoms with Crippen LogP contribution in [0.5, 0.6) is 11.5 Å². The Labute approximate surface area is 400 Å². The quantitative estimate of drug-likeness (QED) is 0.152. The molecule has 1 aliphatic rings. The van der Waals surface area contributed by atoms with Gasteiger partial charge in [0.2, 0.25) is 0 Å². The molecule has 7 aromatic carbocycles. The Morgan fingerprint density at radius 2 is 1.15 bits per heavy atom. The molecule has 6 heteroatoms. The topological polar surface area (TPSA) is 35.2 Å². The first-order chi connectivity index (χ1) is 31.8. The first-order valence-electron chi connectivity index (χ1n) is 23.1. The molecular weight excluding hydrogens is 988 g/mol. The maximum absolute atomic E-state index is 7.10. The predicted octanol–water partition coefficient (Wildman–Crippen LogP) is 15.7. The molecule has 66 heavy (non-hydrogen) atoms. The summed E-state index contributed by atoms with van der Waals surface area (Å²) in [7, 11) is 0. The van der Waals surface area contributed by atoms with E-state index in [9.17, 15) is 0 Å². The molecule has 0 spiro atoms.